The van der Waals surface area contributed by atoms with Crippen molar-refractivity contribution in [2.75, 3.05) is 46.0 Å². The predicted molar refractivity (Wildman–Crippen MR) is 76.3 cm³/mol. The maximum absolute atomic E-state index is 9.43. The molecule has 0 saturated carbocycles. The minimum atomic E-state index is 0. The van der Waals surface area contributed by atoms with Crippen molar-refractivity contribution < 1.29 is 63.4 Å². The zero-order chi connectivity index (χ0) is 13.3. The summed E-state index contributed by atoms with van der Waals surface area (Å²) in [5, 5.41) is 12.9. The van der Waals surface area contributed by atoms with Crippen LogP contribution in [0.4, 0.5) is 0 Å². The molecule has 0 aliphatic carbocycles. The van der Waals surface area contributed by atoms with Crippen molar-refractivity contribution in [3.05, 3.63) is 35.9 Å². The smallest absolute Gasteiger partial charge is 1.00 e. The van der Waals surface area contributed by atoms with E-state index in [4.69, 9.17) is 4.74 Å². The minimum absolute atomic E-state index is 0. The first-order valence-corrected chi connectivity index (χ1v) is 7.07. The van der Waals surface area contributed by atoms with Crippen LogP contribution in [0.2, 0.25) is 0 Å². The number of ether oxygens (including phenoxy) is 1. The van der Waals surface area contributed by atoms with Crippen molar-refractivity contribution in [1.82, 2.24) is 10.2 Å². The van der Waals surface area contributed by atoms with Crippen LogP contribution in [0.5, 0.6) is 0 Å². The number of aliphatic hydroxyl groups is 1. The molecular weight excluding hydrogens is 390 g/mol. The van der Waals surface area contributed by atoms with E-state index in [9.17, 15) is 5.11 Å². The molecule has 114 valence electrons. The van der Waals surface area contributed by atoms with Gasteiger partial charge < -0.3 is 39.1 Å². The molecule has 0 amide bonds. The molecule has 1 aromatic rings. The summed E-state index contributed by atoms with van der Waals surface area (Å²) >= 11 is 0. The predicted octanol–water partition coefficient (Wildman–Crippen LogP) is -5.48. The van der Waals surface area contributed by atoms with E-state index in [0.717, 1.165) is 45.8 Å². The van der Waals surface area contributed by atoms with Crippen LogP contribution in [0.1, 0.15) is 5.56 Å². The second-order valence-corrected chi connectivity index (χ2v) is 4.98. The summed E-state index contributed by atoms with van der Waals surface area (Å²) in [6.45, 7) is 5.83. The summed E-state index contributed by atoms with van der Waals surface area (Å²) in [7, 11) is 0. The van der Waals surface area contributed by atoms with E-state index in [-0.39, 0.29) is 66.2 Å². The Kier molecular flexibility index (Phi) is 13.7. The van der Waals surface area contributed by atoms with Crippen LogP contribution >= 0.6 is 0 Å². The number of halogens is 1. The van der Waals surface area contributed by atoms with Gasteiger partial charge in [0, 0.05) is 32.2 Å². The van der Waals surface area contributed by atoms with Crippen molar-refractivity contribution in [3.63, 3.8) is 0 Å². The monoisotopic (exact) mass is 414 g/mol. The third kappa shape index (κ3) is 8.86. The quantitative estimate of drug-likeness (QED) is 0.346. The molecule has 0 unspecified atom stereocenters. The van der Waals surface area contributed by atoms with E-state index >= 15 is 0 Å². The standard InChI is InChI=1S/C15H24N2O2.HI.Na/c18-13-15(12-14-4-2-1-3-5-14)16-6-7-17-8-10-19-11-9-17;;/h1-5,15-16,18H,6-13H2;1H;/q;;+1/p-1/t15-;;/m1../s1. The molecule has 0 aromatic heterocycles. The van der Waals surface area contributed by atoms with E-state index in [1.54, 1.807) is 0 Å². The Labute approximate surface area is 166 Å². The van der Waals surface area contributed by atoms with E-state index in [1.807, 2.05) is 18.2 Å². The second-order valence-electron chi connectivity index (χ2n) is 4.98. The van der Waals surface area contributed by atoms with Crippen LogP contribution in [0.3, 0.4) is 0 Å². The van der Waals surface area contributed by atoms with Gasteiger partial charge in [0.1, 0.15) is 0 Å². The van der Waals surface area contributed by atoms with Crippen LogP contribution < -0.4 is 58.9 Å². The van der Waals surface area contributed by atoms with Gasteiger partial charge in [-0.2, -0.15) is 0 Å². The van der Waals surface area contributed by atoms with Gasteiger partial charge in [-0.3, -0.25) is 4.90 Å². The van der Waals surface area contributed by atoms with Gasteiger partial charge in [-0.15, -0.1) is 0 Å². The number of hydrogen-bond donors (Lipinski definition) is 2. The molecule has 2 N–H and O–H groups in total. The van der Waals surface area contributed by atoms with Gasteiger partial charge in [0.15, 0.2) is 0 Å². The molecule has 0 radical (unpaired) electrons. The van der Waals surface area contributed by atoms with E-state index in [1.165, 1.54) is 5.56 Å². The third-order valence-corrected chi connectivity index (χ3v) is 3.51. The average molecular weight is 414 g/mol. The van der Waals surface area contributed by atoms with Gasteiger partial charge in [0.05, 0.1) is 19.8 Å². The number of rotatable bonds is 7. The molecule has 4 nitrogen and oxygen atoms in total. The Morgan fingerprint density at radius 2 is 1.86 bits per heavy atom. The molecule has 21 heavy (non-hydrogen) atoms. The van der Waals surface area contributed by atoms with Crippen molar-refractivity contribution in [3.8, 4) is 0 Å². The van der Waals surface area contributed by atoms with Gasteiger partial charge in [0.25, 0.3) is 0 Å². The minimum Gasteiger partial charge on any atom is -1.00 e. The first-order valence-electron chi connectivity index (χ1n) is 7.07. The second kappa shape index (κ2) is 13.2. The number of aliphatic hydroxyl groups excluding tert-OH is 1. The SMILES string of the molecule is OC[C@@H](Cc1ccccc1)NCCN1CCOCC1.[I-].[Na+]. The first-order chi connectivity index (χ1) is 9.38. The number of nitrogens with one attached hydrogen (secondary N) is 1. The molecule has 1 aliphatic rings. The fourth-order valence-electron chi connectivity index (χ4n) is 2.35. The Bertz CT molecular complexity index is 351. The number of benzene rings is 1. The average Bonchev–Trinajstić information content (AvgIpc) is 2.48. The van der Waals surface area contributed by atoms with Gasteiger partial charge in [-0.25, -0.2) is 0 Å². The third-order valence-electron chi connectivity index (χ3n) is 3.51. The molecule has 1 aromatic carbocycles. The molecule has 1 atom stereocenters. The van der Waals surface area contributed by atoms with Crippen LogP contribution in [-0.2, 0) is 11.2 Å². The summed E-state index contributed by atoms with van der Waals surface area (Å²) in [6, 6.07) is 10.4. The Morgan fingerprint density at radius 3 is 2.48 bits per heavy atom. The Hall–Kier alpha value is 0.790. The fourth-order valence-corrected chi connectivity index (χ4v) is 2.35. The summed E-state index contributed by atoms with van der Waals surface area (Å²) in [5.41, 5.74) is 1.26. The zero-order valence-electron chi connectivity index (χ0n) is 12.8. The number of nitrogens with zero attached hydrogens (tertiary/aromatic N) is 1. The number of morpholine rings is 1. The largest absolute Gasteiger partial charge is 1.00 e. The van der Waals surface area contributed by atoms with Crippen molar-refractivity contribution in [1.29, 1.82) is 0 Å². The summed E-state index contributed by atoms with van der Waals surface area (Å²) in [4.78, 5) is 2.40. The Morgan fingerprint density at radius 1 is 1.19 bits per heavy atom. The van der Waals surface area contributed by atoms with Crippen molar-refractivity contribution in [2.24, 2.45) is 0 Å². The summed E-state index contributed by atoms with van der Waals surface area (Å²) in [5.74, 6) is 0. The van der Waals surface area contributed by atoms with Crippen LogP contribution in [0.25, 0.3) is 0 Å². The molecule has 1 aliphatic heterocycles. The van der Waals surface area contributed by atoms with Crippen molar-refractivity contribution in [2.45, 2.75) is 12.5 Å². The summed E-state index contributed by atoms with van der Waals surface area (Å²) < 4.78 is 5.33. The topological polar surface area (TPSA) is 44.7 Å². The molecule has 1 fully saturated rings. The van der Waals surface area contributed by atoms with Crippen molar-refractivity contribution >= 4 is 0 Å². The van der Waals surface area contributed by atoms with Gasteiger partial charge in [0.2, 0.25) is 0 Å². The van der Waals surface area contributed by atoms with E-state index in [0.29, 0.717) is 0 Å². The Balaban J connectivity index is 0.00000200. The fraction of sp³-hybridized carbons (Fsp3) is 0.600. The maximum Gasteiger partial charge on any atom is 1.00 e. The number of hydrogen-bond acceptors (Lipinski definition) is 4. The normalized spacial score (nSPS) is 16.6. The molecule has 2 rings (SSSR count). The van der Waals surface area contributed by atoms with Gasteiger partial charge >= 0.3 is 29.6 Å². The van der Waals surface area contributed by atoms with E-state index < -0.39 is 0 Å². The van der Waals surface area contributed by atoms with Crippen LogP contribution in [-0.4, -0.2) is 62.0 Å². The molecule has 6 heteroatoms. The first kappa shape index (κ1) is 21.8. The van der Waals surface area contributed by atoms with E-state index in [2.05, 4.69) is 22.3 Å². The zero-order valence-corrected chi connectivity index (χ0v) is 17.0. The van der Waals surface area contributed by atoms with Gasteiger partial charge in [-0.05, 0) is 12.0 Å². The molecule has 0 bridgehead atoms. The molecule has 1 heterocycles. The molecular formula is C15H24IN2NaO2. The van der Waals surface area contributed by atoms with Crippen LogP contribution in [0.15, 0.2) is 30.3 Å². The van der Waals surface area contributed by atoms with Crippen LogP contribution in [0, 0.1) is 0 Å². The maximum atomic E-state index is 9.43. The summed E-state index contributed by atoms with van der Waals surface area (Å²) in [6.07, 6.45) is 0.875. The molecule has 1 saturated heterocycles. The van der Waals surface area contributed by atoms with Gasteiger partial charge in [-0.1, -0.05) is 30.3 Å². The molecule has 0 spiro atoms.